The van der Waals surface area contributed by atoms with Crippen molar-refractivity contribution in [1.82, 2.24) is 9.80 Å². The van der Waals surface area contributed by atoms with Gasteiger partial charge in [0.05, 0.1) is 5.56 Å². The third kappa shape index (κ3) is 5.84. The summed E-state index contributed by atoms with van der Waals surface area (Å²) in [5, 5.41) is 8.99. The molecule has 0 radical (unpaired) electrons. The lowest BCUT2D eigenvalue weighted by Gasteiger charge is -2.24. The first kappa shape index (κ1) is 17.0. The number of para-hydroxylation sites is 1. The van der Waals surface area contributed by atoms with Crippen LogP contribution in [0.15, 0.2) is 24.3 Å². The average Bonchev–Trinajstić information content (AvgIpc) is 2.49. The van der Waals surface area contributed by atoms with Gasteiger partial charge in [0.1, 0.15) is 11.8 Å². The van der Waals surface area contributed by atoms with Gasteiger partial charge in [0.15, 0.2) is 6.61 Å². The van der Waals surface area contributed by atoms with E-state index in [1.54, 1.807) is 29.2 Å². The van der Waals surface area contributed by atoms with E-state index in [1.807, 2.05) is 25.9 Å². The summed E-state index contributed by atoms with van der Waals surface area (Å²) in [7, 11) is 3.96. The number of nitrogens with zero attached hydrogens (tertiary/aromatic N) is 3. The molecule has 0 aliphatic rings. The Morgan fingerprint density at radius 3 is 2.57 bits per heavy atom. The molecule has 0 heterocycles. The Morgan fingerprint density at radius 1 is 1.24 bits per heavy atom. The second-order valence-electron chi connectivity index (χ2n) is 5.08. The zero-order valence-corrected chi connectivity index (χ0v) is 13.0. The molecule has 0 aliphatic heterocycles. The molecule has 1 amide bonds. The second kappa shape index (κ2) is 8.98. The van der Waals surface area contributed by atoms with E-state index in [-0.39, 0.29) is 12.5 Å². The third-order valence-corrected chi connectivity index (χ3v) is 3.02. The molecule has 0 saturated heterocycles. The van der Waals surface area contributed by atoms with E-state index >= 15 is 0 Å². The number of hydrogen-bond donors (Lipinski definition) is 0. The standard InChI is InChI=1S/C16H23N3O2/c1-4-9-19(11-10-18(2)3)16(20)13-21-15-8-6-5-7-14(15)12-17/h5-8H,4,9-11,13H2,1-3H3. The molecule has 0 unspecified atom stereocenters. The quantitative estimate of drug-likeness (QED) is 0.731. The number of rotatable bonds is 8. The van der Waals surface area contributed by atoms with Gasteiger partial charge in [-0.2, -0.15) is 5.26 Å². The van der Waals surface area contributed by atoms with Gasteiger partial charge in [0, 0.05) is 19.6 Å². The van der Waals surface area contributed by atoms with Crippen molar-refractivity contribution in [2.45, 2.75) is 13.3 Å². The number of ether oxygens (including phenoxy) is 1. The van der Waals surface area contributed by atoms with Crippen molar-refractivity contribution in [2.75, 3.05) is 40.3 Å². The molecule has 0 spiro atoms. The maximum Gasteiger partial charge on any atom is 0.260 e. The van der Waals surface area contributed by atoms with Crippen molar-refractivity contribution in [3.8, 4) is 11.8 Å². The van der Waals surface area contributed by atoms with E-state index in [4.69, 9.17) is 10.00 Å². The Hall–Kier alpha value is -2.06. The van der Waals surface area contributed by atoms with Gasteiger partial charge in [0.2, 0.25) is 0 Å². The SMILES string of the molecule is CCCN(CCN(C)C)C(=O)COc1ccccc1C#N. The summed E-state index contributed by atoms with van der Waals surface area (Å²) in [5.41, 5.74) is 0.445. The van der Waals surface area contributed by atoms with Gasteiger partial charge >= 0.3 is 0 Å². The van der Waals surface area contributed by atoms with Crippen LogP contribution in [0.2, 0.25) is 0 Å². The summed E-state index contributed by atoms with van der Waals surface area (Å²) in [4.78, 5) is 16.1. The molecule has 0 aromatic heterocycles. The van der Waals surface area contributed by atoms with Crippen LogP contribution in [-0.4, -0.2) is 56.0 Å². The van der Waals surface area contributed by atoms with Crippen LogP contribution in [0.5, 0.6) is 5.75 Å². The fraction of sp³-hybridized carbons (Fsp3) is 0.500. The first-order valence-corrected chi connectivity index (χ1v) is 7.13. The summed E-state index contributed by atoms with van der Waals surface area (Å²) in [5.74, 6) is 0.406. The number of carbonyl (C=O) groups excluding carboxylic acids is 1. The van der Waals surface area contributed by atoms with Crippen molar-refractivity contribution < 1.29 is 9.53 Å². The van der Waals surface area contributed by atoms with E-state index in [2.05, 4.69) is 6.07 Å². The Kier molecular flexibility index (Phi) is 7.27. The lowest BCUT2D eigenvalue weighted by Crippen LogP contribution is -2.39. The number of likely N-dealkylation sites (N-methyl/N-ethyl adjacent to an activating group) is 1. The molecule has 0 saturated carbocycles. The summed E-state index contributed by atoms with van der Waals surface area (Å²) >= 11 is 0. The number of amides is 1. The first-order valence-electron chi connectivity index (χ1n) is 7.13. The Balaban J connectivity index is 2.59. The monoisotopic (exact) mass is 289 g/mol. The van der Waals surface area contributed by atoms with E-state index < -0.39 is 0 Å². The fourth-order valence-corrected chi connectivity index (χ4v) is 1.87. The molecule has 0 bridgehead atoms. The number of carbonyl (C=O) groups is 1. The maximum absolute atomic E-state index is 12.2. The molecular weight excluding hydrogens is 266 g/mol. The van der Waals surface area contributed by atoms with Crippen molar-refractivity contribution in [1.29, 1.82) is 5.26 Å². The molecule has 0 N–H and O–H groups in total. The van der Waals surface area contributed by atoms with Crippen molar-refractivity contribution in [3.05, 3.63) is 29.8 Å². The van der Waals surface area contributed by atoms with Crippen molar-refractivity contribution in [3.63, 3.8) is 0 Å². The molecule has 1 rings (SSSR count). The Bertz CT molecular complexity index is 495. The lowest BCUT2D eigenvalue weighted by atomic mass is 10.2. The van der Waals surface area contributed by atoms with Gasteiger partial charge in [-0.15, -0.1) is 0 Å². The van der Waals surface area contributed by atoms with Crippen LogP contribution >= 0.6 is 0 Å². The Morgan fingerprint density at radius 2 is 1.95 bits per heavy atom. The lowest BCUT2D eigenvalue weighted by molar-refractivity contribution is -0.133. The molecule has 114 valence electrons. The molecule has 1 aromatic rings. The van der Waals surface area contributed by atoms with Gasteiger partial charge in [-0.25, -0.2) is 0 Å². The van der Waals surface area contributed by atoms with Crippen LogP contribution in [0.25, 0.3) is 0 Å². The third-order valence-electron chi connectivity index (χ3n) is 3.02. The van der Waals surface area contributed by atoms with E-state index in [9.17, 15) is 4.79 Å². The summed E-state index contributed by atoms with van der Waals surface area (Å²) in [6.45, 7) is 4.23. The van der Waals surface area contributed by atoms with Gasteiger partial charge in [-0.05, 0) is 32.6 Å². The zero-order chi connectivity index (χ0) is 15.7. The zero-order valence-electron chi connectivity index (χ0n) is 13.0. The summed E-state index contributed by atoms with van der Waals surface area (Å²) in [6, 6.07) is 9.00. The first-order chi connectivity index (χ1) is 10.1. The number of hydrogen-bond acceptors (Lipinski definition) is 4. The van der Waals surface area contributed by atoms with Crippen LogP contribution < -0.4 is 4.74 Å². The highest BCUT2D eigenvalue weighted by atomic mass is 16.5. The molecule has 0 atom stereocenters. The van der Waals surface area contributed by atoms with Crippen LogP contribution in [0.4, 0.5) is 0 Å². The Labute approximate surface area is 126 Å². The van der Waals surface area contributed by atoms with E-state index in [1.165, 1.54) is 0 Å². The molecular formula is C16H23N3O2. The smallest absolute Gasteiger partial charge is 0.260 e. The highest BCUT2D eigenvalue weighted by Crippen LogP contribution is 2.16. The molecule has 0 aliphatic carbocycles. The number of benzene rings is 1. The molecule has 5 heteroatoms. The van der Waals surface area contributed by atoms with Gasteiger partial charge in [-0.3, -0.25) is 4.79 Å². The highest BCUT2D eigenvalue weighted by molar-refractivity contribution is 5.77. The minimum Gasteiger partial charge on any atom is -0.482 e. The van der Waals surface area contributed by atoms with E-state index in [0.29, 0.717) is 17.9 Å². The average molecular weight is 289 g/mol. The summed E-state index contributed by atoms with van der Waals surface area (Å²) in [6.07, 6.45) is 0.911. The van der Waals surface area contributed by atoms with Gasteiger partial charge < -0.3 is 14.5 Å². The predicted octanol–water partition coefficient (Wildman–Crippen LogP) is 1.74. The number of nitriles is 1. The van der Waals surface area contributed by atoms with E-state index in [0.717, 1.165) is 19.5 Å². The topological polar surface area (TPSA) is 56.6 Å². The largest absolute Gasteiger partial charge is 0.482 e. The normalized spacial score (nSPS) is 10.2. The van der Waals surface area contributed by atoms with Crippen LogP contribution in [0.3, 0.4) is 0 Å². The highest BCUT2D eigenvalue weighted by Gasteiger charge is 2.14. The van der Waals surface area contributed by atoms with Gasteiger partial charge in [-0.1, -0.05) is 19.1 Å². The maximum atomic E-state index is 12.2. The molecule has 1 aromatic carbocycles. The second-order valence-corrected chi connectivity index (χ2v) is 5.08. The fourth-order valence-electron chi connectivity index (χ4n) is 1.87. The minimum absolute atomic E-state index is 0.0356. The van der Waals surface area contributed by atoms with Crippen LogP contribution in [-0.2, 0) is 4.79 Å². The predicted molar refractivity (Wildman–Crippen MR) is 82.1 cm³/mol. The molecule has 21 heavy (non-hydrogen) atoms. The van der Waals surface area contributed by atoms with Crippen molar-refractivity contribution >= 4 is 5.91 Å². The molecule has 5 nitrogen and oxygen atoms in total. The van der Waals surface area contributed by atoms with Crippen LogP contribution in [0, 0.1) is 11.3 Å². The van der Waals surface area contributed by atoms with Crippen molar-refractivity contribution in [2.24, 2.45) is 0 Å². The van der Waals surface area contributed by atoms with Crippen LogP contribution in [0.1, 0.15) is 18.9 Å². The molecule has 0 fully saturated rings. The summed E-state index contributed by atoms with van der Waals surface area (Å²) < 4.78 is 5.50. The minimum atomic E-state index is -0.0496. The van der Waals surface area contributed by atoms with Gasteiger partial charge in [0.25, 0.3) is 5.91 Å².